The molecule has 2 N–H and O–H groups in total. The Morgan fingerprint density at radius 2 is 1.80 bits per heavy atom. The molecular formula is C32H34N6O2. The molecule has 0 bridgehead atoms. The van der Waals surface area contributed by atoms with Crippen LogP contribution in [0.25, 0.3) is 28.0 Å². The van der Waals surface area contributed by atoms with Crippen molar-refractivity contribution in [3.8, 4) is 11.1 Å². The molecule has 2 aromatic carbocycles. The van der Waals surface area contributed by atoms with Crippen molar-refractivity contribution in [1.82, 2.24) is 19.7 Å². The third-order valence-corrected chi connectivity index (χ3v) is 7.04. The highest BCUT2D eigenvalue weighted by Crippen LogP contribution is 2.33. The van der Waals surface area contributed by atoms with Gasteiger partial charge in [0.25, 0.3) is 5.56 Å². The van der Waals surface area contributed by atoms with E-state index < -0.39 is 0 Å². The molecule has 2 aromatic heterocycles. The molecule has 1 aliphatic rings. The normalized spacial score (nSPS) is 12.8. The van der Waals surface area contributed by atoms with Gasteiger partial charge in [-0.1, -0.05) is 38.1 Å². The zero-order valence-electron chi connectivity index (χ0n) is 23.0. The van der Waals surface area contributed by atoms with Crippen LogP contribution in [0.1, 0.15) is 44.4 Å². The number of pyridine rings is 1. The molecule has 0 spiro atoms. The molecule has 0 radical (unpaired) electrons. The maximum Gasteiger partial charge on any atom is 0.274 e. The Hall–Kier alpha value is -4.59. The van der Waals surface area contributed by atoms with Crippen molar-refractivity contribution in [3.63, 3.8) is 0 Å². The smallest absolute Gasteiger partial charge is 0.274 e. The minimum Gasteiger partial charge on any atom is -0.387 e. The zero-order valence-corrected chi connectivity index (χ0v) is 23.0. The van der Waals surface area contributed by atoms with Crippen molar-refractivity contribution >= 4 is 34.3 Å². The minimum absolute atomic E-state index is 0.0199. The summed E-state index contributed by atoms with van der Waals surface area (Å²) in [7, 11) is 0. The summed E-state index contributed by atoms with van der Waals surface area (Å²) in [5.41, 5.74) is 11.2. The minimum atomic E-state index is -0.123. The first-order chi connectivity index (χ1) is 19.5. The maximum atomic E-state index is 13.3. The van der Waals surface area contributed by atoms with Gasteiger partial charge in [0.15, 0.2) is 0 Å². The van der Waals surface area contributed by atoms with Gasteiger partial charge < -0.3 is 10.6 Å². The number of hydrogen-bond donors (Lipinski definition) is 1. The Morgan fingerprint density at radius 3 is 2.55 bits per heavy atom. The molecular weight excluding hydrogens is 500 g/mol. The Morgan fingerprint density at radius 1 is 1.02 bits per heavy atom. The first-order valence-electron chi connectivity index (χ1n) is 13.8. The summed E-state index contributed by atoms with van der Waals surface area (Å²) in [4.78, 5) is 37.2. The molecule has 0 atom stereocenters. The van der Waals surface area contributed by atoms with Gasteiger partial charge in [-0.3, -0.25) is 14.6 Å². The number of amidine groups is 1. The van der Waals surface area contributed by atoms with E-state index in [1.54, 1.807) is 12.4 Å². The summed E-state index contributed by atoms with van der Waals surface area (Å²) in [6, 6.07) is 17.5. The molecule has 1 aliphatic heterocycles. The monoisotopic (exact) mass is 534 g/mol. The number of benzene rings is 2. The van der Waals surface area contributed by atoms with Gasteiger partial charge in [-0.2, -0.15) is 5.10 Å². The van der Waals surface area contributed by atoms with Crippen LogP contribution in [0.15, 0.2) is 82.4 Å². The van der Waals surface area contributed by atoms with Crippen molar-refractivity contribution in [2.75, 3.05) is 13.1 Å². The molecule has 0 saturated carbocycles. The van der Waals surface area contributed by atoms with E-state index in [0.717, 1.165) is 59.4 Å². The predicted molar refractivity (Wildman–Crippen MR) is 160 cm³/mol. The van der Waals surface area contributed by atoms with Crippen LogP contribution in [0.4, 0.5) is 5.69 Å². The Kier molecular flexibility index (Phi) is 8.15. The quantitative estimate of drug-likeness (QED) is 0.321. The Bertz CT molecular complexity index is 1650. The van der Waals surface area contributed by atoms with Crippen molar-refractivity contribution < 1.29 is 4.79 Å². The van der Waals surface area contributed by atoms with Crippen LogP contribution in [0.2, 0.25) is 0 Å². The average Bonchev–Trinajstić information content (AvgIpc) is 3.14. The third-order valence-electron chi connectivity index (χ3n) is 7.04. The lowest BCUT2D eigenvalue weighted by molar-refractivity contribution is -0.127. The summed E-state index contributed by atoms with van der Waals surface area (Å²) in [6.07, 6.45) is 8.16. The highest BCUT2D eigenvalue weighted by molar-refractivity contribution is 6.05. The van der Waals surface area contributed by atoms with Gasteiger partial charge in [-0.25, -0.2) is 9.67 Å². The largest absolute Gasteiger partial charge is 0.387 e. The summed E-state index contributed by atoms with van der Waals surface area (Å²) in [5.74, 6) is 0.434. The van der Waals surface area contributed by atoms with E-state index in [1.165, 1.54) is 4.68 Å². The van der Waals surface area contributed by atoms with Crippen LogP contribution in [-0.4, -0.2) is 44.5 Å². The molecule has 0 unspecified atom stereocenters. The van der Waals surface area contributed by atoms with E-state index >= 15 is 0 Å². The van der Waals surface area contributed by atoms with E-state index in [1.807, 2.05) is 65.6 Å². The number of amides is 1. The van der Waals surface area contributed by atoms with E-state index in [2.05, 4.69) is 28.9 Å². The summed E-state index contributed by atoms with van der Waals surface area (Å²) < 4.78 is 1.49. The van der Waals surface area contributed by atoms with Crippen LogP contribution >= 0.6 is 0 Å². The summed E-state index contributed by atoms with van der Waals surface area (Å²) in [5, 5.41) is 5.80. The number of aliphatic imine (C=N–C) groups is 1. The lowest BCUT2D eigenvalue weighted by Gasteiger charge is -2.22. The number of rotatable bonds is 9. The SMILES string of the molecule is CCCN(CCC)C(=O)C1=Cc2ccc(-c3ccc4c(=O)n(CCc5ccccn5)ncc4c3)cc2N=C(N)C1. The number of fused-ring (bicyclic) bond motifs is 2. The second-order valence-corrected chi connectivity index (χ2v) is 10.1. The van der Waals surface area contributed by atoms with Gasteiger partial charge in [0.2, 0.25) is 5.91 Å². The number of aromatic nitrogens is 3. The second-order valence-electron chi connectivity index (χ2n) is 10.1. The van der Waals surface area contributed by atoms with E-state index in [-0.39, 0.29) is 11.5 Å². The molecule has 204 valence electrons. The molecule has 0 fully saturated rings. The molecule has 4 aromatic rings. The van der Waals surface area contributed by atoms with Gasteiger partial charge in [-0.15, -0.1) is 0 Å². The first kappa shape index (κ1) is 27.0. The Labute approximate surface area is 233 Å². The summed E-state index contributed by atoms with van der Waals surface area (Å²) in [6.45, 7) is 6.06. The van der Waals surface area contributed by atoms with Gasteiger partial charge in [0.1, 0.15) is 5.84 Å². The van der Waals surface area contributed by atoms with Gasteiger partial charge >= 0.3 is 0 Å². The second kappa shape index (κ2) is 12.1. The predicted octanol–water partition coefficient (Wildman–Crippen LogP) is 5.13. The van der Waals surface area contributed by atoms with Crippen LogP contribution in [0, 0.1) is 0 Å². The molecule has 1 amide bonds. The van der Waals surface area contributed by atoms with E-state index in [4.69, 9.17) is 5.73 Å². The number of nitrogens with two attached hydrogens (primary N) is 1. The average molecular weight is 535 g/mol. The highest BCUT2D eigenvalue weighted by atomic mass is 16.2. The fourth-order valence-electron chi connectivity index (χ4n) is 5.06. The lowest BCUT2D eigenvalue weighted by Crippen LogP contribution is -2.34. The van der Waals surface area contributed by atoms with Crippen LogP contribution in [0.5, 0.6) is 0 Å². The highest BCUT2D eigenvalue weighted by Gasteiger charge is 2.21. The van der Waals surface area contributed by atoms with Gasteiger partial charge in [0, 0.05) is 54.3 Å². The van der Waals surface area contributed by atoms with Crippen LogP contribution in [-0.2, 0) is 17.8 Å². The molecule has 8 nitrogen and oxygen atoms in total. The topological polar surface area (TPSA) is 106 Å². The first-order valence-corrected chi connectivity index (χ1v) is 13.8. The molecule has 0 aliphatic carbocycles. The van der Waals surface area contributed by atoms with E-state index in [9.17, 15) is 9.59 Å². The molecule has 40 heavy (non-hydrogen) atoms. The fraction of sp³-hybridized carbons (Fsp3) is 0.281. The van der Waals surface area contributed by atoms with Crippen LogP contribution < -0.4 is 11.3 Å². The van der Waals surface area contributed by atoms with Crippen molar-refractivity contribution in [3.05, 3.63) is 94.2 Å². The zero-order chi connectivity index (χ0) is 28.1. The number of hydrogen-bond acceptors (Lipinski definition) is 6. The maximum absolute atomic E-state index is 13.3. The molecule has 3 heterocycles. The number of carbonyl (C=O) groups is 1. The van der Waals surface area contributed by atoms with Crippen molar-refractivity contribution in [2.24, 2.45) is 10.7 Å². The Balaban J connectivity index is 1.42. The number of aryl methyl sites for hydroxylation is 2. The van der Waals surface area contributed by atoms with Gasteiger partial charge in [-0.05, 0) is 60.4 Å². The number of nitrogens with zero attached hydrogens (tertiary/aromatic N) is 5. The molecule has 5 rings (SSSR count). The van der Waals surface area contributed by atoms with E-state index in [0.29, 0.717) is 36.2 Å². The fourth-order valence-corrected chi connectivity index (χ4v) is 5.06. The van der Waals surface area contributed by atoms with Gasteiger partial charge in [0.05, 0.1) is 23.8 Å². The lowest BCUT2D eigenvalue weighted by atomic mass is 9.99. The van der Waals surface area contributed by atoms with Crippen molar-refractivity contribution in [1.29, 1.82) is 0 Å². The summed E-state index contributed by atoms with van der Waals surface area (Å²) >= 11 is 0. The van der Waals surface area contributed by atoms with Crippen LogP contribution in [0.3, 0.4) is 0 Å². The van der Waals surface area contributed by atoms with Crippen molar-refractivity contribution in [2.45, 2.75) is 46.1 Å². The number of carbonyl (C=O) groups excluding carboxylic acids is 1. The molecule has 8 heteroatoms. The molecule has 0 saturated heterocycles. The third kappa shape index (κ3) is 5.86. The standard InChI is InChI=1S/C32H34N6O2/c1-3-14-37(15-4-2)31(39)25-18-24-9-8-23(19-29(24)36-30(33)20-25)22-10-11-28-26(17-22)21-35-38(32(28)40)16-12-27-7-5-6-13-34-27/h5-11,13,17-19,21H,3-4,12,14-16,20H2,1-2H3,(H2,33,36).